The molecule has 5 nitrogen and oxygen atoms in total. The Kier molecular flexibility index (Phi) is 6.02. The molecule has 0 radical (unpaired) electrons. The molecule has 2 heterocycles. The fourth-order valence-electron chi connectivity index (χ4n) is 4.54. The Morgan fingerprint density at radius 3 is 2.14 bits per heavy atom. The lowest BCUT2D eigenvalue weighted by Gasteiger charge is -2.36. The summed E-state index contributed by atoms with van der Waals surface area (Å²) >= 11 is 6.11. The number of hydrogen-bond donors (Lipinski definition) is 2. The van der Waals surface area contributed by atoms with Crippen LogP contribution in [0.15, 0.2) is 24.3 Å². The number of rotatable bonds is 6. The third kappa shape index (κ3) is 4.11. The van der Waals surface area contributed by atoms with Gasteiger partial charge in [0.1, 0.15) is 0 Å². The molecule has 6 heteroatoms. The molecule has 28 heavy (non-hydrogen) atoms. The van der Waals surface area contributed by atoms with Crippen LogP contribution in [0.1, 0.15) is 36.8 Å². The normalized spacial score (nSPS) is 17.7. The number of aromatic nitrogens is 1. The Morgan fingerprint density at radius 1 is 0.857 bits per heavy atom. The Balaban J connectivity index is 1.22. The molecule has 0 amide bonds. The first kappa shape index (κ1) is 19.5. The van der Waals surface area contributed by atoms with Crippen LogP contribution in [0.25, 0.3) is 0 Å². The smallest absolute Gasteiger partial charge is 0.197 e. The minimum atomic E-state index is 0.294. The summed E-state index contributed by atoms with van der Waals surface area (Å²) in [4.78, 5) is 4.89. The van der Waals surface area contributed by atoms with E-state index < -0.39 is 0 Å². The van der Waals surface area contributed by atoms with E-state index in [4.69, 9.17) is 11.6 Å². The van der Waals surface area contributed by atoms with E-state index in [9.17, 15) is 10.2 Å². The summed E-state index contributed by atoms with van der Waals surface area (Å²) in [6.07, 6.45) is 6.01. The SMILES string of the molecule is Oc1c2c(c(O)n1CCCCN1CCN(c3cccc(Cl)c3)CC1)CCCC2. The predicted molar refractivity (Wildman–Crippen MR) is 114 cm³/mol. The molecule has 1 aromatic heterocycles. The summed E-state index contributed by atoms with van der Waals surface area (Å²) < 4.78 is 1.72. The second-order valence-corrected chi connectivity index (χ2v) is 8.42. The second-order valence-electron chi connectivity index (χ2n) is 7.98. The van der Waals surface area contributed by atoms with Crippen LogP contribution in [-0.2, 0) is 19.4 Å². The molecule has 0 saturated carbocycles. The molecule has 2 aromatic rings. The minimum Gasteiger partial charge on any atom is -0.494 e. The maximum atomic E-state index is 10.4. The Morgan fingerprint density at radius 2 is 1.50 bits per heavy atom. The van der Waals surface area contributed by atoms with Crippen molar-refractivity contribution in [3.8, 4) is 11.8 Å². The van der Waals surface area contributed by atoms with Crippen molar-refractivity contribution < 1.29 is 10.2 Å². The van der Waals surface area contributed by atoms with Gasteiger partial charge in [-0.15, -0.1) is 0 Å². The molecular formula is C22H30ClN3O2. The highest BCUT2D eigenvalue weighted by atomic mass is 35.5. The van der Waals surface area contributed by atoms with E-state index in [1.165, 1.54) is 5.69 Å². The van der Waals surface area contributed by atoms with Gasteiger partial charge in [0.15, 0.2) is 11.8 Å². The molecule has 2 N–H and O–H groups in total. The number of benzene rings is 1. The first-order valence-corrected chi connectivity index (χ1v) is 10.9. The zero-order chi connectivity index (χ0) is 19.5. The van der Waals surface area contributed by atoms with E-state index in [-0.39, 0.29) is 0 Å². The van der Waals surface area contributed by atoms with E-state index in [1.807, 2.05) is 18.2 Å². The van der Waals surface area contributed by atoms with Crippen molar-refractivity contribution in [3.05, 3.63) is 40.4 Å². The highest BCUT2D eigenvalue weighted by molar-refractivity contribution is 6.30. The van der Waals surface area contributed by atoms with Crippen LogP contribution in [0.3, 0.4) is 0 Å². The van der Waals surface area contributed by atoms with Gasteiger partial charge in [0, 0.05) is 54.6 Å². The van der Waals surface area contributed by atoms with Crippen molar-refractivity contribution in [2.24, 2.45) is 0 Å². The van der Waals surface area contributed by atoms with E-state index >= 15 is 0 Å². The highest BCUT2D eigenvalue weighted by Gasteiger charge is 2.24. The van der Waals surface area contributed by atoms with Crippen LogP contribution >= 0.6 is 11.6 Å². The van der Waals surface area contributed by atoms with Gasteiger partial charge in [0.25, 0.3) is 0 Å². The molecule has 1 aliphatic carbocycles. The first-order valence-electron chi connectivity index (χ1n) is 10.5. The van der Waals surface area contributed by atoms with Crippen molar-refractivity contribution in [3.63, 3.8) is 0 Å². The standard InChI is InChI=1S/C22H30ClN3O2/c23-17-6-5-7-18(16-17)25-14-12-24(13-15-25)10-3-4-11-26-21(27)19-8-1-2-9-20(19)22(26)28/h5-7,16,27-28H,1-4,8-15H2. The van der Waals surface area contributed by atoms with Gasteiger partial charge >= 0.3 is 0 Å². The summed E-state index contributed by atoms with van der Waals surface area (Å²) in [7, 11) is 0. The van der Waals surface area contributed by atoms with Gasteiger partial charge in [-0.1, -0.05) is 17.7 Å². The highest BCUT2D eigenvalue weighted by Crippen LogP contribution is 2.38. The fraction of sp³-hybridized carbons (Fsp3) is 0.545. The van der Waals surface area contributed by atoms with Gasteiger partial charge in [0.2, 0.25) is 0 Å². The van der Waals surface area contributed by atoms with Crippen LogP contribution in [0.5, 0.6) is 11.8 Å². The van der Waals surface area contributed by atoms with Crippen molar-refractivity contribution in [1.82, 2.24) is 9.47 Å². The van der Waals surface area contributed by atoms with Gasteiger partial charge in [-0.3, -0.25) is 9.47 Å². The monoisotopic (exact) mass is 403 g/mol. The van der Waals surface area contributed by atoms with Crippen LogP contribution in [0, 0.1) is 0 Å². The summed E-state index contributed by atoms with van der Waals surface area (Å²) in [5.41, 5.74) is 3.15. The number of halogens is 1. The molecule has 0 unspecified atom stereocenters. The van der Waals surface area contributed by atoms with Gasteiger partial charge in [-0.2, -0.15) is 0 Å². The zero-order valence-electron chi connectivity index (χ0n) is 16.4. The zero-order valence-corrected chi connectivity index (χ0v) is 17.2. The summed E-state index contributed by atoms with van der Waals surface area (Å²) in [6, 6.07) is 8.08. The van der Waals surface area contributed by atoms with Gasteiger partial charge in [0.05, 0.1) is 0 Å². The van der Waals surface area contributed by atoms with E-state index in [1.54, 1.807) is 4.57 Å². The van der Waals surface area contributed by atoms with Crippen LogP contribution in [-0.4, -0.2) is 52.4 Å². The van der Waals surface area contributed by atoms with Crippen molar-refractivity contribution >= 4 is 17.3 Å². The third-order valence-corrected chi connectivity index (χ3v) is 6.41. The Hall–Kier alpha value is -1.85. The lowest BCUT2D eigenvalue weighted by molar-refractivity contribution is 0.249. The minimum absolute atomic E-state index is 0.294. The van der Waals surface area contributed by atoms with Crippen molar-refractivity contribution in [1.29, 1.82) is 0 Å². The number of unbranched alkanes of at least 4 members (excludes halogenated alkanes) is 1. The average Bonchev–Trinajstić information content (AvgIpc) is 2.96. The topological polar surface area (TPSA) is 51.9 Å². The molecule has 0 atom stereocenters. The maximum Gasteiger partial charge on any atom is 0.197 e. The lowest BCUT2D eigenvalue weighted by Crippen LogP contribution is -2.46. The molecule has 1 saturated heterocycles. The second kappa shape index (κ2) is 8.66. The van der Waals surface area contributed by atoms with E-state index in [2.05, 4.69) is 15.9 Å². The van der Waals surface area contributed by atoms with E-state index in [0.29, 0.717) is 18.3 Å². The van der Waals surface area contributed by atoms with E-state index in [0.717, 1.165) is 87.4 Å². The molecule has 0 bridgehead atoms. The average molecular weight is 404 g/mol. The van der Waals surface area contributed by atoms with Crippen LogP contribution < -0.4 is 4.90 Å². The van der Waals surface area contributed by atoms with Crippen molar-refractivity contribution in [2.75, 3.05) is 37.6 Å². The summed E-state index contributed by atoms with van der Waals surface area (Å²) in [5, 5.41) is 21.7. The molecule has 152 valence electrons. The molecule has 1 aliphatic heterocycles. The molecular weight excluding hydrogens is 374 g/mol. The molecule has 2 aliphatic rings. The van der Waals surface area contributed by atoms with Gasteiger partial charge in [-0.05, 0) is 63.3 Å². The van der Waals surface area contributed by atoms with Crippen LogP contribution in [0.4, 0.5) is 5.69 Å². The van der Waals surface area contributed by atoms with Gasteiger partial charge < -0.3 is 15.1 Å². The summed E-state index contributed by atoms with van der Waals surface area (Å²) in [6.45, 7) is 5.90. The Bertz CT molecular complexity index is 783. The van der Waals surface area contributed by atoms with Crippen molar-refractivity contribution in [2.45, 2.75) is 45.1 Å². The lowest BCUT2D eigenvalue weighted by atomic mass is 9.95. The number of fused-ring (bicyclic) bond motifs is 1. The fourth-order valence-corrected chi connectivity index (χ4v) is 4.73. The molecule has 4 rings (SSSR count). The Labute approximate surface area is 172 Å². The number of aromatic hydroxyl groups is 2. The summed E-state index contributed by atoms with van der Waals surface area (Å²) in [5.74, 6) is 0.588. The number of anilines is 1. The third-order valence-electron chi connectivity index (χ3n) is 6.17. The molecule has 1 fully saturated rings. The number of nitrogens with zero attached hydrogens (tertiary/aromatic N) is 3. The quantitative estimate of drug-likeness (QED) is 0.715. The predicted octanol–water partition coefficient (Wildman–Crippen LogP) is 4.03. The largest absolute Gasteiger partial charge is 0.494 e. The maximum absolute atomic E-state index is 10.4. The molecule has 0 spiro atoms. The molecule has 1 aromatic carbocycles. The first-order chi connectivity index (χ1) is 13.6. The number of hydrogen-bond acceptors (Lipinski definition) is 4. The van der Waals surface area contributed by atoms with Crippen LogP contribution in [0.2, 0.25) is 5.02 Å². The number of piperazine rings is 1. The van der Waals surface area contributed by atoms with Gasteiger partial charge in [-0.25, -0.2) is 0 Å².